The highest BCUT2D eigenvalue weighted by atomic mass is 32.2. The van der Waals surface area contributed by atoms with E-state index >= 15 is 0 Å². The molecule has 1 aromatic carbocycles. The lowest BCUT2D eigenvalue weighted by Gasteiger charge is -2.02. The molecule has 0 aliphatic carbocycles. The molecule has 0 unspecified atom stereocenters. The van der Waals surface area contributed by atoms with Crippen molar-refractivity contribution in [3.63, 3.8) is 0 Å². The van der Waals surface area contributed by atoms with Gasteiger partial charge in [0.05, 0.1) is 5.56 Å². The summed E-state index contributed by atoms with van der Waals surface area (Å²) in [6.07, 6.45) is 2.40. The maximum atomic E-state index is 13.0. The lowest BCUT2D eigenvalue weighted by molar-refractivity contribution is 0.623. The van der Waals surface area contributed by atoms with Crippen LogP contribution in [0.3, 0.4) is 0 Å². The third-order valence-electron chi connectivity index (χ3n) is 2.06. The molecular weight excluding hydrogens is 209 g/mol. The van der Waals surface area contributed by atoms with Crippen molar-refractivity contribution in [3.05, 3.63) is 35.1 Å². The summed E-state index contributed by atoms with van der Waals surface area (Å²) in [5.74, 6) is 1.55. The minimum absolute atomic E-state index is 0.142. The number of benzene rings is 1. The number of hydrogen-bond donors (Lipinski definition) is 0. The number of hydrogen-bond acceptors (Lipinski definition) is 2. The standard InChI is InChI=1S/C12H14FNS/c1-2-3-6-15-9-10-4-5-12(13)11(7-10)8-14/h4-5,7H,2-3,6,9H2,1H3. The number of nitrogens with zero attached hydrogens (tertiary/aromatic N) is 1. The smallest absolute Gasteiger partial charge is 0.140 e. The van der Waals surface area contributed by atoms with Gasteiger partial charge in [0.25, 0.3) is 0 Å². The fourth-order valence-electron chi connectivity index (χ4n) is 1.18. The summed E-state index contributed by atoms with van der Waals surface area (Å²) in [5.41, 5.74) is 1.16. The van der Waals surface area contributed by atoms with Gasteiger partial charge in [-0.1, -0.05) is 19.4 Å². The fraction of sp³-hybridized carbons (Fsp3) is 0.417. The zero-order valence-corrected chi connectivity index (χ0v) is 9.61. The van der Waals surface area contributed by atoms with E-state index in [1.165, 1.54) is 18.9 Å². The molecule has 1 aromatic rings. The quantitative estimate of drug-likeness (QED) is 0.710. The summed E-state index contributed by atoms with van der Waals surface area (Å²) >= 11 is 1.82. The van der Waals surface area contributed by atoms with Gasteiger partial charge in [0.15, 0.2) is 0 Å². The van der Waals surface area contributed by atoms with Gasteiger partial charge in [-0.15, -0.1) is 0 Å². The molecule has 0 radical (unpaired) electrons. The van der Waals surface area contributed by atoms with Gasteiger partial charge < -0.3 is 0 Å². The Morgan fingerprint density at radius 3 is 2.93 bits per heavy atom. The molecule has 0 aromatic heterocycles. The van der Waals surface area contributed by atoms with Crippen molar-refractivity contribution in [1.29, 1.82) is 5.26 Å². The lowest BCUT2D eigenvalue weighted by atomic mass is 10.1. The molecule has 3 heteroatoms. The number of nitriles is 1. The van der Waals surface area contributed by atoms with Gasteiger partial charge in [-0.3, -0.25) is 0 Å². The van der Waals surface area contributed by atoms with Crippen LogP contribution in [0.15, 0.2) is 18.2 Å². The van der Waals surface area contributed by atoms with Crippen LogP contribution in [-0.2, 0) is 5.75 Å². The van der Waals surface area contributed by atoms with Crippen LogP contribution in [0.2, 0.25) is 0 Å². The second-order valence-electron chi connectivity index (χ2n) is 3.33. The van der Waals surface area contributed by atoms with Gasteiger partial charge >= 0.3 is 0 Å². The summed E-state index contributed by atoms with van der Waals surface area (Å²) in [7, 11) is 0. The average molecular weight is 223 g/mol. The Kier molecular flexibility index (Phi) is 5.20. The number of rotatable bonds is 5. The van der Waals surface area contributed by atoms with Crippen LogP contribution >= 0.6 is 11.8 Å². The average Bonchev–Trinajstić information content (AvgIpc) is 2.26. The molecule has 1 nitrogen and oxygen atoms in total. The monoisotopic (exact) mass is 223 g/mol. The molecule has 0 heterocycles. The fourth-order valence-corrected chi connectivity index (χ4v) is 2.24. The Balaban J connectivity index is 2.52. The van der Waals surface area contributed by atoms with Crippen LogP contribution in [-0.4, -0.2) is 5.75 Å². The summed E-state index contributed by atoms with van der Waals surface area (Å²) in [5, 5.41) is 8.66. The molecule has 0 N–H and O–H groups in total. The molecular formula is C12H14FNS. The van der Waals surface area contributed by atoms with Gasteiger partial charge in [0, 0.05) is 5.75 Å². The normalized spacial score (nSPS) is 9.93. The lowest BCUT2D eigenvalue weighted by Crippen LogP contribution is -1.88. The third kappa shape index (κ3) is 3.93. The first-order valence-electron chi connectivity index (χ1n) is 5.04. The first-order valence-corrected chi connectivity index (χ1v) is 6.19. The predicted molar refractivity (Wildman–Crippen MR) is 62.2 cm³/mol. The van der Waals surface area contributed by atoms with E-state index in [0.29, 0.717) is 0 Å². The van der Waals surface area contributed by atoms with E-state index in [9.17, 15) is 4.39 Å². The highest BCUT2D eigenvalue weighted by Crippen LogP contribution is 2.16. The third-order valence-corrected chi connectivity index (χ3v) is 3.18. The van der Waals surface area contributed by atoms with E-state index in [4.69, 9.17) is 5.26 Å². The maximum absolute atomic E-state index is 13.0. The van der Waals surface area contributed by atoms with Gasteiger partial charge in [0.1, 0.15) is 11.9 Å². The first kappa shape index (κ1) is 12.1. The van der Waals surface area contributed by atoms with Crippen molar-refractivity contribution in [3.8, 4) is 6.07 Å². The molecule has 0 aliphatic rings. The van der Waals surface area contributed by atoms with E-state index in [0.717, 1.165) is 17.1 Å². The molecule has 0 aliphatic heterocycles. The summed E-state index contributed by atoms with van der Waals surface area (Å²) in [6, 6.07) is 6.60. The minimum atomic E-state index is -0.431. The molecule has 1 rings (SSSR count). The van der Waals surface area contributed by atoms with Crippen LogP contribution in [0, 0.1) is 17.1 Å². The molecule has 0 saturated carbocycles. The molecule has 0 fully saturated rings. The van der Waals surface area contributed by atoms with Crippen molar-refractivity contribution in [2.45, 2.75) is 25.5 Å². The second kappa shape index (κ2) is 6.47. The Hall–Kier alpha value is -1.01. The Labute approximate surface area is 94.3 Å². The van der Waals surface area contributed by atoms with Crippen LogP contribution < -0.4 is 0 Å². The SMILES string of the molecule is CCCCSCc1ccc(F)c(C#N)c1. The van der Waals surface area contributed by atoms with Crippen molar-refractivity contribution in [2.24, 2.45) is 0 Å². The molecule has 15 heavy (non-hydrogen) atoms. The minimum Gasteiger partial charge on any atom is -0.206 e. The zero-order chi connectivity index (χ0) is 11.1. The second-order valence-corrected chi connectivity index (χ2v) is 4.44. The van der Waals surface area contributed by atoms with Gasteiger partial charge in [-0.2, -0.15) is 17.0 Å². The van der Waals surface area contributed by atoms with E-state index in [1.54, 1.807) is 12.1 Å². The van der Waals surface area contributed by atoms with Gasteiger partial charge in [-0.25, -0.2) is 4.39 Å². The Morgan fingerprint density at radius 2 is 2.27 bits per heavy atom. The largest absolute Gasteiger partial charge is 0.206 e. The predicted octanol–water partition coefficient (Wildman–Crippen LogP) is 3.73. The molecule has 0 amide bonds. The molecule has 80 valence electrons. The number of halogens is 1. The zero-order valence-electron chi connectivity index (χ0n) is 8.79. The van der Waals surface area contributed by atoms with E-state index < -0.39 is 5.82 Å². The maximum Gasteiger partial charge on any atom is 0.140 e. The number of thioether (sulfide) groups is 1. The van der Waals surface area contributed by atoms with Crippen LogP contribution in [0.5, 0.6) is 0 Å². The van der Waals surface area contributed by atoms with E-state index in [-0.39, 0.29) is 5.56 Å². The Bertz CT molecular complexity index is 357. The molecule has 0 spiro atoms. The first-order chi connectivity index (χ1) is 7.27. The van der Waals surface area contributed by atoms with Gasteiger partial charge in [0.2, 0.25) is 0 Å². The van der Waals surface area contributed by atoms with Crippen LogP contribution in [0.25, 0.3) is 0 Å². The summed E-state index contributed by atoms with van der Waals surface area (Å²) < 4.78 is 13.0. The van der Waals surface area contributed by atoms with Crippen molar-refractivity contribution in [1.82, 2.24) is 0 Å². The van der Waals surface area contributed by atoms with Gasteiger partial charge in [-0.05, 0) is 29.9 Å². The van der Waals surface area contributed by atoms with Crippen molar-refractivity contribution < 1.29 is 4.39 Å². The highest BCUT2D eigenvalue weighted by molar-refractivity contribution is 7.98. The highest BCUT2D eigenvalue weighted by Gasteiger charge is 2.02. The number of unbranched alkanes of at least 4 members (excludes halogenated alkanes) is 1. The molecule has 0 atom stereocenters. The molecule has 0 bridgehead atoms. The van der Waals surface area contributed by atoms with Crippen molar-refractivity contribution >= 4 is 11.8 Å². The van der Waals surface area contributed by atoms with E-state index in [2.05, 4.69) is 6.92 Å². The van der Waals surface area contributed by atoms with E-state index in [1.807, 2.05) is 17.8 Å². The van der Waals surface area contributed by atoms with Crippen molar-refractivity contribution in [2.75, 3.05) is 5.75 Å². The summed E-state index contributed by atoms with van der Waals surface area (Å²) in [6.45, 7) is 2.16. The van der Waals surface area contributed by atoms with Crippen LogP contribution in [0.4, 0.5) is 4.39 Å². The Morgan fingerprint density at radius 1 is 1.47 bits per heavy atom. The van der Waals surface area contributed by atoms with Crippen LogP contribution in [0.1, 0.15) is 30.9 Å². The molecule has 0 saturated heterocycles. The summed E-state index contributed by atoms with van der Waals surface area (Å²) in [4.78, 5) is 0. The topological polar surface area (TPSA) is 23.8 Å².